The largest absolute Gasteiger partial charge is 0.379 e. The monoisotopic (exact) mass is 510 g/mol. The average Bonchev–Trinajstić information content (AvgIpc) is 3.20. The lowest BCUT2D eigenvalue weighted by molar-refractivity contribution is -0.132. The van der Waals surface area contributed by atoms with E-state index in [1.807, 2.05) is 28.3 Å². The Balaban J connectivity index is 1.57. The molecule has 0 N–H and O–H groups in total. The zero-order chi connectivity index (χ0) is 26.2. The van der Waals surface area contributed by atoms with Crippen molar-refractivity contribution in [1.29, 1.82) is 0 Å². The number of ether oxygens (including phenoxy) is 1. The summed E-state index contributed by atoms with van der Waals surface area (Å²) in [5.74, 6) is 1.72. The summed E-state index contributed by atoms with van der Waals surface area (Å²) in [6.07, 6.45) is 5.67. The van der Waals surface area contributed by atoms with Crippen LogP contribution in [0.5, 0.6) is 0 Å². The van der Waals surface area contributed by atoms with Crippen molar-refractivity contribution in [3.63, 3.8) is 0 Å². The minimum absolute atomic E-state index is 0.0525. The van der Waals surface area contributed by atoms with E-state index in [0.29, 0.717) is 26.1 Å². The third kappa shape index (κ3) is 7.61. The Morgan fingerprint density at radius 1 is 0.973 bits per heavy atom. The van der Waals surface area contributed by atoms with E-state index in [4.69, 9.17) is 4.74 Å². The lowest BCUT2D eigenvalue weighted by Gasteiger charge is -2.30. The molecule has 2 amide bonds. The number of aryl methyl sites for hydroxylation is 3. The predicted molar refractivity (Wildman–Crippen MR) is 143 cm³/mol. The fourth-order valence-corrected chi connectivity index (χ4v) is 5.29. The smallest absolute Gasteiger partial charge is 0.224 e. The number of anilines is 1. The van der Waals surface area contributed by atoms with Crippen molar-refractivity contribution in [3.8, 4) is 0 Å². The van der Waals surface area contributed by atoms with Gasteiger partial charge in [0.2, 0.25) is 11.8 Å². The number of carbonyl (C=O) groups is 2. The molecule has 0 aliphatic carbocycles. The maximum absolute atomic E-state index is 13.4. The fraction of sp³-hybridized carbons (Fsp3) is 0.643. The van der Waals surface area contributed by atoms with Crippen molar-refractivity contribution in [1.82, 2.24) is 24.6 Å². The van der Waals surface area contributed by atoms with Crippen molar-refractivity contribution >= 4 is 17.5 Å². The molecule has 1 aromatic heterocycles. The first kappa shape index (κ1) is 27.3. The summed E-state index contributed by atoms with van der Waals surface area (Å²) in [6, 6.07) is 6.45. The topological polar surface area (TPSA) is 83.8 Å². The van der Waals surface area contributed by atoms with Crippen LogP contribution >= 0.6 is 0 Å². The van der Waals surface area contributed by atoms with Gasteiger partial charge in [0.25, 0.3) is 0 Å². The van der Waals surface area contributed by atoms with Crippen LogP contribution in [0.3, 0.4) is 0 Å². The molecule has 2 aromatic rings. The molecule has 1 fully saturated rings. The van der Waals surface area contributed by atoms with E-state index in [2.05, 4.69) is 33.2 Å². The highest BCUT2D eigenvalue weighted by molar-refractivity contribution is 5.92. The lowest BCUT2D eigenvalue weighted by Crippen LogP contribution is -2.36. The van der Waals surface area contributed by atoms with Gasteiger partial charge in [-0.15, -0.1) is 0 Å². The van der Waals surface area contributed by atoms with Gasteiger partial charge in [0.15, 0.2) is 0 Å². The molecule has 9 nitrogen and oxygen atoms in total. The third-order valence-corrected chi connectivity index (χ3v) is 7.35. The Kier molecular flexibility index (Phi) is 9.68. The van der Waals surface area contributed by atoms with E-state index in [1.165, 1.54) is 5.56 Å². The zero-order valence-corrected chi connectivity index (χ0v) is 22.7. The van der Waals surface area contributed by atoms with E-state index in [-0.39, 0.29) is 11.8 Å². The molecule has 3 heterocycles. The Labute approximate surface area is 220 Å². The van der Waals surface area contributed by atoms with Gasteiger partial charge < -0.3 is 14.5 Å². The highest BCUT2D eigenvalue weighted by Gasteiger charge is 2.22. The number of carbonyl (C=O) groups excluding carboxylic acids is 2. The second-order valence-corrected chi connectivity index (χ2v) is 10.3. The van der Waals surface area contributed by atoms with Crippen LogP contribution in [0.1, 0.15) is 68.2 Å². The SMILES string of the molecule is CC(=O)N1CCCCCCCN(C(=O)CCn2nc(C)nc2C)Cc2ccc(CN3CCOCC3)cc21. The fourth-order valence-electron chi connectivity index (χ4n) is 5.29. The second-order valence-electron chi connectivity index (χ2n) is 10.3. The summed E-state index contributed by atoms with van der Waals surface area (Å²) in [5.41, 5.74) is 3.16. The molecular weight excluding hydrogens is 468 g/mol. The van der Waals surface area contributed by atoms with Gasteiger partial charge in [0, 0.05) is 58.3 Å². The van der Waals surface area contributed by atoms with Gasteiger partial charge in [0.05, 0.1) is 19.8 Å². The maximum atomic E-state index is 13.4. The molecule has 202 valence electrons. The molecule has 1 aromatic carbocycles. The molecule has 9 heteroatoms. The molecule has 0 saturated carbocycles. The molecule has 2 aliphatic rings. The molecule has 2 aliphatic heterocycles. The van der Waals surface area contributed by atoms with Crippen molar-refractivity contribution in [2.75, 3.05) is 44.3 Å². The van der Waals surface area contributed by atoms with Crippen LogP contribution < -0.4 is 4.90 Å². The van der Waals surface area contributed by atoms with Gasteiger partial charge in [-0.1, -0.05) is 31.4 Å². The van der Waals surface area contributed by atoms with Crippen molar-refractivity contribution in [3.05, 3.63) is 41.0 Å². The number of aromatic nitrogens is 3. The van der Waals surface area contributed by atoms with E-state index in [9.17, 15) is 9.59 Å². The zero-order valence-electron chi connectivity index (χ0n) is 22.7. The van der Waals surface area contributed by atoms with E-state index in [0.717, 1.165) is 94.4 Å². The first-order valence-corrected chi connectivity index (χ1v) is 13.8. The van der Waals surface area contributed by atoms with Crippen LogP contribution in [0.2, 0.25) is 0 Å². The van der Waals surface area contributed by atoms with Crippen molar-refractivity contribution < 1.29 is 14.3 Å². The highest BCUT2D eigenvalue weighted by Crippen LogP contribution is 2.27. The first-order chi connectivity index (χ1) is 17.9. The minimum Gasteiger partial charge on any atom is -0.379 e. The van der Waals surface area contributed by atoms with Crippen LogP contribution in [-0.4, -0.2) is 75.8 Å². The van der Waals surface area contributed by atoms with Crippen LogP contribution in [0, 0.1) is 13.8 Å². The molecule has 0 spiro atoms. The summed E-state index contributed by atoms with van der Waals surface area (Å²) < 4.78 is 7.32. The molecule has 0 radical (unpaired) electrons. The molecule has 0 bridgehead atoms. The number of morpholine rings is 1. The number of amides is 2. The summed E-state index contributed by atoms with van der Waals surface area (Å²) in [6.45, 7) is 12.1. The quantitative estimate of drug-likeness (QED) is 0.613. The van der Waals surface area contributed by atoms with Crippen LogP contribution in [0.25, 0.3) is 0 Å². The second kappa shape index (κ2) is 13.1. The Morgan fingerprint density at radius 2 is 1.70 bits per heavy atom. The number of nitrogens with zero attached hydrogens (tertiary/aromatic N) is 6. The van der Waals surface area contributed by atoms with E-state index < -0.39 is 0 Å². The number of rotatable bonds is 5. The Hall–Kier alpha value is -2.78. The molecule has 0 atom stereocenters. The number of hydrogen-bond acceptors (Lipinski definition) is 6. The summed E-state index contributed by atoms with van der Waals surface area (Å²) in [4.78, 5) is 36.9. The van der Waals surface area contributed by atoms with Gasteiger partial charge >= 0.3 is 0 Å². The highest BCUT2D eigenvalue weighted by atomic mass is 16.5. The summed E-state index contributed by atoms with van der Waals surface area (Å²) in [5, 5.41) is 4.41. The molecule has 37 heavy (non-hydrogen) atoms. The number of fused-ring (bicyclic) bond motifs is 1. The first-order valence-electron chi connectivity index (χ1n) is 13.8. The molecular formula is C28H42N6O3. The summed E-state index contributed by atoms with van der Waals surface area (Å²) >= 11 is 0. The average molecular weight is 511 g/mol. The van der Waals surface area contributed by atoms with Gasteiger partial charge in [0.1, 0.15) is 11.6 Å². The van der Waals surface area contributed by atoms with Crippen LogP contribution in [0.15, 0.2) is 18.2 Å². The van der Waals surface area contributed by atoms with E-state index in [1.54, 1.807) is 6.92 Å². The van der Waals surface area contributed by atoms with Crippen molar-refractivity contribution in [2.45, 2.75) is 78.9 Å². The van der Waals surface area contributed by atoms with E-state index >= 15 is 0 Å². The molecule has 1 saturated heterocycles. The van der Waals surface area contributed by atoms with Crippen LogP contribution in [0.4, 0.5) is 5.69 Å². The van der Waals surface area contributed by atoms with Crippen molar-refractivity contribution in [2.24, 2.45) is 0 Å². The Bertz CT molecular complexity index is 1060. The molecule has 0 unspecified atom stereocenters. The van der Waals surface area contributed by atoms with Gasteiger partial charge in [-0.3, -0.25) is 14.5 Å². The normalized spacial score (nSPS) is 18.1. The summed E-state index contributed by atoms with van der Waals surface area (Å²) in [7, 11) is 0. The maximum Gasteiger partial charge on any atom is 0.224 e. The lowest BCUT2D eigenvalue weighted by atomic mass is 10.0. The van der Waals surface area contributed by atoms with Gasteiger partial charge in [-0.2, -0.15) is 5.10 Å². The third-order valence-electron chi connectivity index (χ3n) is 7.35. The Morgan fingerprint density at radius 3 is 2.41 bits per heavy atom. The number of hydrogen-bond donors (Lipinski definition) is 0. The standard InChI is InChI=1S/C28H42N6O3/c1-22-29-23(2)34(30-22)14-11-28(36)32-12-7-5-4-6-8-13-33(24(3)35)27-19-25(9-10-26(27)21-32)20-31-15-17-37-18-16-31/h9-10,19H,4-8,11-18,20-21H2,1-3H3. The molecule has 4 rings (SSSR count). The van der Waals surface area contributed by atoms with Crippen LogP contribution in [-0.2, 0) is 34.0 Å². The predicted octanol–water partition coefficient (Wildman–Crippen LogP) is 3.46. The van der Waals surface area contributed by atoms with Gasteiger partial charge in [-0.05, 0) is 43.9 Å². The minimum atomic E-state index is 0.0525. The van der Waals surface area contributed by atoms with Gasteiger partial charge in [-0.25, -0.2) is 9.67 Å². The number of benzene rings is 1.